The first-order valence-corrected chi connectivity index (χ1v) is 9.98. The molecule has 0 saturated carbocycles. The van der Waals surface area contributed by atoms with Crippen LogP contribution in [0.3, 0.4) is 0 Å². The lowest BCUT2D eigenvalue weighted by atomic mass is 10.2. The van der Waals surface area contributed by atoms with Gasteiger partial charge in [-0.15, -0.1) is 0 Å². The Morgan fingerprint density at radius 2 is 1.74 bits per heavy atom. The molecule has 1 fully saturated rings. The molecular formula is C19H17N5O2S. The fraction of sp³-hybridized carbons (Fsp3) is 0.211. The Morgan fingerprint density at radius 1 is 0.963 bits per heavy atom. The molecule has 0 N–H and O–H groups in total. The fourth-order valence-electron chi connectivity index (χ4n) is 3.22. The Labute approximate surface area is 157 Å². The van der Waals surface area contributed by atoms with Gasteiger partial charge in [-0.2, -0.15) is 9.57 Å². The minimum absolute atomic E-state index is 0.241. The number of sulfonamides is 1. The highest BCUT2D eigenvalue weighted by atomic mass is 32.2. The fourth-order valence-corrected chi connectivity index (χ4v) is 4.81. The standard InChI is InChI=1S/C19H17N5O2S/c20-13-15-6-7-18(22-14-15)23-9-11-24(12-10-23)27(25,26)17-5-1-3-16-4-2-8-21-19(16)17/h1-8,14H,9-12H2. The number of anilines is 1. The quantitative estimate of drug-likeness (QED) is 0.691. The molecule has 0 unspecified atom stereocenters. The molecule has 0 bridgehead atoms. The van der Waals surface area contributed by atoms with Crippen LogP contribution in [0.25, 0.3) is 10.9 Å². The third-order valence-corrected chi connectivity index (χ3v) is 6.58. The predicted octanol–water partition coefficient (Wildman–Crippen LogP) is 2.01. The number of pyridine rings is 2. The number of fused-ring (bicyclic) bond motifs is 1. The number of nitriles is 1. The second-order valence-corrected chi connectivity index (χ2v) is 8.15. The molecule has 1 aromatic carbocycles. The third-order valence-electron chi connectivity index (χ3n) is 4.65. The van der Waals surface area contributed by atoms with E-state index in [2.05, 4.69) is 9.97 Å². The Kier molecular flexibility index (Phi) is 4.48. The summed E-state index contributed by atoms with van der Waals surface area (Å²) in [6.45, 7) is 1.81. The lowest BCUT2D eigenvalue weighted by Gasteiger charge is -2.34. The normalized spacial score (nSPS) is 15.6. The number of hydrogen-bond donors (Lipinski definition) is 0. The van der Waals surface area contributed by atoms with Crippen molar-refractivity contribution in [1.82, 2.24) is 14.3 Å². The summed E-state index contributed by atoms with van der Waals surface area (Å²) in [6, 6.07) is 14.4. The van der Waals surface area contributed by atoms with Crippen LogP contribution in [0.2, 0.25) is 0 Å². The first-order valence-electron chi connectivity index (χ1n) is 8.54. The van der Waals surface area contributed by atoms with Gasteiger partial charge in [0.05, 0.1) is 11.1 Å². The van der Waals surface area contributed by atoms with Crippen LogP contribution >= 0.6 is 0 Å². The molecule has 7 nitrogen and oxygen atoms in total. The molecule has 1 aliphatic rings. The molecule has 4 rings (SSSR count). The van der Waals surface area contributed by atoms with Gasteiger partial charge < -0.3 is 4.90 Å². The van der Waals surface area contributed by atoms with Crippen molar-refractivity contribution in [1.29, 1.82) is 5.26 Å². The Balaban J connectivity index is 1.55. The molecule has 3 aromatic rings. The van der Waals surface area contributed by atoms with Gasteiger partial charge >= 0.3 is 0 Å². The van der Waals surface area contributed by atoms with Crippen molar-refractivity contribution in [3.63, 3.8) is 0 Å². The lowest BCUT2D eigenvalue weighted by molar-refractivity contribution is 0.384. The molecule has 3 heterocycles. The number of piperazine rings is 1. The van der Waals surface area contributed by atoms with Crippen molar-refractivity contribution in [2.24, 2.45) is 0 Å². The van der Waals surface area contributed by atoms with Crippen molar-refractivity contribution in [3.05, 3.63) is 60.4 Å². The predicted molar refractivity (Wildman–Crippen MR) is 102 cm³/mol. The van der Waals surface area contributed by atoms with Crippen LogP contribution in [-0.4, -0.2) is 48.9 Å². The minimum Gasteiger partial charge on any atom is -0.354 e. The highest BCUT2D eigenvalue weighted by Gasteiger charge is 2.30. The average molecular weight is 379 g/mol. The summed E-state index contributed by atoms with van der Waals surface area (Å²) >= 11 is 0. The number of benzene rings is 1. The molecule has 0 aliphatic carbocycles. The van der Waals surface area contributed by atoms with E-state index in [9.17, 15) is 8.42 Å². The number of hydrogen-bond acceptors (Lipinski definition) is 6. The van der Waals surface area contributed by atoms with E-state index in [-0.39, 0.29) is 4.90 Å². The van der Waals surface area contributed by atoms with E-state index in [1.807, 2.05) is 23.1 Å². The van der Waals surface area contributed by atoms with Gasteiger partial charge in [0, 0.05) is 44.0 Å². The minimum atomic E-state index is -3.62. The topological polar surface area (TPSA) is 90.2 Å². The third kappa shape index (κ3) is 3.23. The maximum Gasteiger partial charge on any atom is 0.245 e. The second-order valence-electron chi connectivity index (χ2n) is 6.24. The van der Waals surface area contributed by atoms with Crippen molar-refractivity contribution in [2.75, 3.05) is 31.1 Å². The summed E-state index contributed by atoms with van der Waals surface area (Å²) in [5, 5.41) is 9.67. The zero-order valence-electron chi connectivity index (χ0n) is 14.5. The maximum atomic E-state index is 13.1. The van der Waals surface area contributed by atoms with Crippen molar-refractivity contribution >= 4 is 26.7 Å². The summed E-state index contributed by atoms with van der Waals surface area (Å²) in [4.78, 5) is 10.8. The first kappa shape index (κ1) is 17.4. The van der Waals surface area contributed by atoms with Crippen LogP contribution in [0.15, 0.2) is 59.8 Å². The summed E-state index contributed by atoms with van der Waals surface area (Å²) in [5.41, 5.74) is 1.000. The van der Waals surface area contributed by atoms with Gasteiger partial charge in [-0.05, 0) is 24.3 Å². The Hall–Kier alpha value is -3.02. The monoisotopic (exact) mass is 379 g/mol. The van der Waals surface area contributed by atoms with E-state index in [1.165, 1.54) is 10.5 Å². The van der Waals surface area contributed by atoms with E-state index in [0.717, 1.165) is 11.2 Å². The molecule has 0 radical (unpaired) electrons. The zero-order valence-corrected chi connectivity index (χ0v) is 15.3. The van der Waals surface area contributed by atoms with E-state index in [4.69, 9.17) is 5.26 Å². The number of nitrogens with zero attached hydrogens (tertiary/aromatic N) is 5. The second kappa shape index (κ2) is 6.95. The van der Waals surface area contributed by atoms with Crippen LogP contribution in [0.4, 0.5) is 5.82 Å². The van der Waals surface area contributed by atoms with Crippen LogP contribution in [-0.2, 0) is 10.0 Å². The molecule has 0 atom stereocenters. The summed E-state index contributed by atoms with van der Waals surface area (Å²) < 4.78 is 27.8. The summed E-state index contributed by atoms with van der Waals surface area (Å²) in [7, 11) is -3.62. The van der Waals surface area contributed by atoms with Gasteiger partial charge in [0.2, 0.25) is 10.0 Å². The summed E-state index contributed by atoms with van der Waals surface area (Å²) in [6.07, 6.45) is 3.14. The van der Waals surface area contributed by atoms with Crippen LogP contribution in [0, 0.1) is 11.3 Å². The molecule has 0 amide bonds. The van der Waals surface area contributed by atoms with Crippen molar-refractivity contribution in [3.8, 4) is 6.07 Å². The van der Waals surface area contributed by atoms with Crippen LogP contribution in [0.5, 0.6) is 0 Å². The molecule has 1 aliphatic heterocycles. The molecule has 8 heteroatoms. The zero-order chi connectivity index (χ0) is 18.9. The molecule has 27 heavy (non-hydrogen) atoms. The Morgan fingerprint density at radius 3 is 2.44 bits per heavy atom. The maximum absolute atomic E-state index is 13.1. The van der Waals surface area contributed by atoms with Crippen LogP contribution < -0.4 is 4.90 Å². The van der Waals surface area contributed by atoms with Crippen molar-refractivity contribution in [2.45, 2.75) is 4.90 Å². The SMILES string of the molecule is N#Cc1ccc(N2CCN(S(=O)(=O)c3cccc4cccnc34)CC2)nc1. The highest BCUT2D eigenvalue weighted by Crippen LogP contribution is 2.25. The van der Waals surface area contributed by atoms with Crippen LogP contribution in [0.1, 0.15) is 5.56 Å². The van der Waals surface area contributed by atoms with Gasteiger partial charge in [-0.25, -0.2) is 13.4 Å². The van der Waals surface area contributed by atoms with E-state index >= 15 is 0 Å². The summed E-state index contributed by atoms with van der Waals surface area (Å²) in [5.74, 6) is 0.748. The van der Waals surface area contributed by atoms with Gasteiger partial charge in [-0.1, -0.05) is 18.2 Å². The lowest BCUT2D eigenvalue weighted by Crippen LogP contribution is -2.49. The van der Waals surface area contributed by atoms with E-state index < -0.39 is 10.0 Å². The number of para-hydroxylation sites is 1. The Bertz CT molecular complexity index is 1110. The van der Waals surface area contributed by atoms with Gasteiger partial charge in [0.1, 0.15) is 16.8 Å². The van der Waals surface area contributed by atoms with E-state index in [1.54, 1.807) is 36.5 Å². The number of rotatable bonds is 3. The van der Waals surface area contributed by atoms with Gasteiger partial charge in [0.15, 0.2) is 0 Å². The smallest absolute Gasteiger partial charge is 0.245 e. The highest BCUT2D eigenvalue weighted by molar-refractivity contribution is 7.89. The molecule has 2 aromatic heterocycles. The molecule has 0 spiro atoms. The van der Waals surface area contributed by atoms with Gasteiger partial charge in [0.25, 0.3) is 0 Å². The average Bonchev–Trinajstić information content (AvgIpc) is 2.73. The first-order chi connectivity index (χ1) is 13.1. The van der Waals surface area contributed by atoms with Gasteiger partial charge in [-0.3, -0.25) is 4.98 Å². The number of aromatic nitrogens is 2. The largest absolute Gasteiger partial charge is 0.354 e. The van der Waals surface area contributed by atoms with Crippen molar-refractivity contribution < 1.29 is 8.42 Å². The molecule has 136 valence electrons. The molecular weight excluding hydrogens is 362 g/mol. The van der Waals surface area contributed by atoms with E-state index in [0.29, 0.717) is 37.3 Å². The molecule has 1 saturated heterocycles.